The van der Waals surface area contributed by atoms with Crippen molar-refractivity contribution in [3.8, 4) is 11.5 Å². The predicted molar refractivity (Wildman–Crippen MR) is 72.0 cm³/mol. The van der Waals surface area contributed by atoms with Crippen molar-refractivity contribution in [3.63, 3.8) is 0 Å². The van der Waals surface area contributed by atoms with Gasteiger partial charge in [-0.15, -0.1) is 23.2 Å². The van der Waals surface area contributed by atoms with Crippen LogP contribution in [0.5, 0.6) is 11.5 Å². The van der Waals surface area contributed by atoms with Crippen molar-refractivity contribution in [1.29, 1.82) is 0 Å². The smallest absolute Gasteiger partial charge is 0.251 e. The number of hydrogen-bond acceptors (Lipinski definition) is 3. The number of alkyl halides is 2. The molecule has 0 radical (unpaired) electrons. The average molecular weight is 292 g/mol. The van der Waals surface area contributed by atoms with Gasteiger partial charge < -0.3 is 15.2 Å². The van der Waals surface area contributed by atoms with Crippen molar-refractivity contribution in [1.82, 2.24) is 5.32 Å². The SMILES string of the molecule is COc1ccc(C(=O)NC(C)(CCl)CCl)cc1O. The highest BCUT2D eigenvalue weighted by molar-refractivity contribution is 6.22. The Bertz CT molecular complexity index is 433. The maximum atomic E-state index is 11.9. The monoisotopic (exact) mass is 291 g/mol. The molecule has 18 heavy (non-hydrogen) atoms. The van der Waals surface area contributed by atoms with Crippen LogP contribution in [0.15, 0.2) is 18.2 Å². The zero-order valence-electron chi connectivity index (χ0n) is 10.2. The second-order valence-corrected chi connectivity index (χ2v) is 4.70. The molecule has 6 heteroatoms. The van der Waals surface area contributed by atoms with Gasteiger partial charge in [0.1, 0.15) is 0 Å². The molecule has 0 aliphatic rings. The molecule has 0 saturated heterocycles. The Morgan fingerprint density at radius 3 is 2.50 bits per heavy atom. The Morgan fingerprint density at radius 1 is 1.44 bits per heavy atom. The minimum Gasteiger partial charge on any atom is -0.504 e. The van der Waals surface area contributed by atoms with Crippen LogP contribution in [-0.2, 0) is 0 Å². The lowest BCUT2D eigenvalue weighted by Gasteiger charge is -2.25. The molecule has 0 saturated carbocycles. The molecule has 0 unspecified atom stereocenters. The first-order valence-electron chi connectivity index (χ1n) is 5.27. The van der Waals surface area contributed by atoms with Gasteiger partial charge in [-0.05, 0) is 25.1 Å². The first-order chi connectivity index (χ1) is 8.45. The van der Waals surface area contributed by atoms with Crippen LogP contribution in [0.25, 0.3) is 0 Å². The number of nitrogens with one attached hydrogen (secondary N) is 1. The van der Waals surface area contributed by atoms with Gasteiger partial charge in [-0.3, -0.25) is 4.79 Å². The van der Waals surface area contributed by atoms with Crippen molar-refractivity contribution >= 4 is 29.1 Å². The standard InChI is InChI=1S/C12H15Cl2NO3/c1-12(6-13,7-14)15-11(17)8-3-4-10(18-2)9(16)5-8/h3-5,16H,6-7H2,1-2H3,(H,15,17). The average Bonchev–Trinajstić information content (AvgIpc) is 2.38. The summed E-state index contributed by atoms with van der Waals surface area (Å²) in [5, 5.41) is 12.3. The fraction of sp³-hybridized carbons (Fsp3) is 0.417. The summed E-state index contributed by atoms with van der Waals surface area (Å²) >= 11 is 11.5. The molecule has 0 fully saturated rings. The van der Waals surface area contributed by atoms with E-state index >= 15 is 0 Å². The van der Waals surface area contributed by atoms with Crippen molar-refractivity contribution in [3.05, 3.63) is 23.8 Å². The first-order valence-corrected chi connectivity index (χ1v) is 6.34. The van der Waals surface area contributed by atoms with Gasteiger partial charge in [0, 0.05) is 17.3 Å². The number of carbonyl (C=O) groups is 1. The van der Waals surface area contributed by atoms with E-state index in [-0.39, 0.29) is 23.4 Å². The van der Waals surface area contributed by atoms with E-state index < -0.39 is 5.54 Å². The molecule has 100 valence electrons. The second kappa shape index (κ2) is 6.16. The van der Waals surface area contributed by atoms with E-state index in [0.717, 1.165) is 0 Å². The van der Waals surface area contributed by atoms with E-state index in [1.165, 1.54) is 19.2 Å². The fourth-order valence-electron chi connectivity index (χ4n) is 1.28. The summed E-state index contributed by atoms with van der Waals surface area (Å²) in [4.78, 5) is 11.9. The number of methoxy groups -OCH3 is 1. The summed E-state index contributed by atoms with van der Waals surface area (Å²) in [6.45, 7) is 1.74. The topological polar surface area (TPSA) is 58.6 Å². The molecule has 0 aromatic heterocycles. The van der Waals surface area contributed by atoms with Crippen molar-refractivity contribution < 1.29 is 14.6 Å². The van der Waals surface area contributed by atoms with Crippen molar-refractivity contribution in [2.45, 2.75) is 12.5 Å². The van der Waals surface area contributed by atoms with Crippen LogP contribution in [0.3, 0.4) is 0 Å². The van der Waals surface area contributed by atoms with Crippen LogP contribution in [0, 0.1) is 0 Å². The third-order valence-electron chi connectivity index (χ3n) is 2.45. The van der Waals surface area contributed by atoms with E-state index in [9.17, 15) is 9.90 Å². The molecule has 0 bridgehead atoms. The molecule has 1 aromatic rings. The predicted octanol–water partition coefficient (Wildman–Crippen LogP) is 2.37. The summed E-state index contributed by atoms with van der Waals surface area (Å²) < 4.78 is 4.90. The van der Waals surface area contributed by atoms with Gasteiger partial charge in [0.2, 0.25) is 0 Å². The lowest BCUT2D eigenvalue weighted by Crippen LogP contribution is -2.49. The molecule has 0 aliphatic heterocycles. The van der Waals surface area contributed by atoms with E-state index in [1.807, 2.05) is 0 Å². The molecule has 1 amide bonds. The van der Waals surface area contributed by atoms with E-state index in [4.69, 9.17) is 27.9 Å². The molecule has 0 aliphatic carbocycles. The summed E-state index contributed by atoms with van der Waals surface area (Å²) in [5.74, 6) is 0.263. The summed E-state index contributed by atoms with van der Waals surface area (Å²) in [5.41, 5.74) is -0.370. The number of rotatable bonds is 5. The van der Waals surface area contributed by atoms with Crippen LogP contribution < -0.4 is 10.1 Å². The van der Waals surface area contributed by atoms with Gasteiger partial charge in [-0.25, -0.2) is 0 Å². The first kappa shape index (κ1) is 14.9. The molecule has 1 rings (SSSR count). The molecular formula is C12H15Cl2NO3. The van der Waals surface area contributed by atoms with Crippen LogP contribution >= 0.6 is 23.2 Å². The molecule has 0 spiro atoms. The Hall–Kier alpha value is -1.13. The van der Waals surface area contributed by atoms with E-state index in [0.29, 0.717) is 11.3 Å². The van der Waals surface area contributed by atoms with Crippen LogP contribution in [0.2, 0.25) is 0 Å². The molecular weight excluding hydrogens is 277 g/mol. The highest BCUT2D eigenvalue weighted by atomic mass is 35.5. The largest absolute Gasteiger partial charge is 0.504 e. The molecule has 4 nitrogen and oxygen atoms in total. The number of phenolic OH excluding ortho intramolecular Hbond substituents is 1. The highest BCUT2D eigenvalue weighted by Gasteiger charge is 2.25. The van der Waals surface area contributed by atoms with Crippen molar-refractivity contribution in [2.75, 3.05) is 18.9 Å². The number of amides is 1. The van der Waals surface area contributed by atoms with Gasteiger partial charge in [0.05, 0.1) is 12.6 Å². The third kappa shape index (κ3) is 3.43. The normalized spacial score (nSPS) is 11.1. The number of hydrogen-bond donors (Lipinski definition) is 2. The van der Waals surface area contributed by atoms with Gasteiger partial charge in [0.25, 0.3) is 5.91 Å². The Labute approximate surface area is 116 Å². The quantitative estimate of drug-likeness (QED) is 0.819. The molecule has 2 N–H and O–H groups in total. The number of phenols is 1. The van der Waals surface area contributed by atoms with Crippen LogP contribution in [0.1, 0.15) is 17.3 Å². The molecule has 1 aromatic carbocycles. The van der Waals surface area contributed by atoms with Gasteiger partial charge >= 0.3 is 0 Å². The van der Waals surface area contributed by atoms with Crippen LogP contribution in [0.4, 0.5) is 0 Å². The number of benzene rings is 1. The number of ether oxygens (including phenoxy) is 1. The number of aromatic hydroxyl groups is 1. The maximum absolute atomic E-state index is 11.9. The molecule has 0 atom stereocenters. The molecule has 0 heterocycles. The van der Waals surface area contributed by atoms with E-state index in [1.54, 1.807) is 13.0 Å². The third-order valence-corrected chi connectivity index (χ3v) is 3.63. The van der Waals surface area contributed by atoms with Gasteiger partial charge in [0.15, 0.2) is 11.5 Å². The Morgan fingerprint density at radius 2 is 2.06 bits per heavy atom. The Balaban J connectivity index is 2.88. The lowest BCUT2D eigenvalue weighted by atomic mass is 10.1. The highest BCUT2D eigenvalue weighted by Crippen LogP contribution is 2.26. The minimum absolute atomic E-state index is 0.0939. The maximum Gasteiger partial charge on any atom is 0.251 e. The van der Waals surface area contributed by atoms with Gasteiger partial charge in [-0.1, -0.05) is 0 Å². The number of halogens is 2. The Kier molecular flexibility index (Phi) is 5.11. The zero-order chi connectivity index (χ0) is 13.8. The van der Waals surface area contributed by atoms with Gasteiger partial charge in [-0.2, -0.15) is 0 Å². The minimum atomic E-state index is -0.685. The van der Waals surface area contributed by atoms with Crippen LogP contribution in [-0.4, -0.2) is 35.4 Å². The van der Waals surface area contributed by atoms with E-state index in [2.05, 4.69) is 5.32 Å². The second-order valence-electron chi connectivity index (χ2n) is 4.17. The summed E-state index contributed by atoms with van der Waals surface area (Å²) in [6.07, 6.45) is 0. The fourth-order valence-corrected chi connectivity index (χ4v) is 1.70. The number of carbonyl (C=O) groups excluding carboxylic acids is 1. The van der Waals surface area contributed by atoms with Crippen molar-refractivity contribution in [2.24, 2.45) is 0 Å². The zero-order valence-corrected chi connectivity index (χ0v) is 11.7. The lowest BCUT2D eigenvalue weighted by molar-refractivity contribution is 0.0921. The summed E-state index contributed by atoms with van der Waals surface area (Å²) in [6, 6.07) is 4.40. The summed E-state index contributed by atoms with van der Waals surface area (Å²) in [7, 11) is 1.44.